The lowest BCUT2D eigenvalue weighted by molar-refractivity contribution is 0.561. The number of anilines is 1. The van der Waals surface area contributed by atoms with Crippen molar-refractivity contribution in [3.63, 3.8) is 0 Å². The van der Waals surface area contributed by atoms with Gasteiger partial charge < -0.3 is 5.32 Å². The lowest BCUT2D eigenvalue weighted by Crippen LogP contribution is -2.20. The molecule has 0 saturated heterocycles. The minimum Gasteiger partial charge on any atom is -0.366 e. The van der Waals surface area contributed by atoms with Crippen LogP contribution in [0.15, 0.2) is 10.7 Å². The molecule has 0 radical (unpaired) electrons. The van der Waals surface area contributed by atoms with Crippen molar-refractivity contribution in [1.29, 1.82) is 0 Å². The van der Waals surface area contributed by atoms with Gasteiger partial charge in [0.1, 0.15) is 5.82 Å². The standard InChI is InChI=1S/C13H19BrClN3/c14-11-9-16-13(15)18-12(11)17-10-7-5-3-1-2-4-6-8-10/h9-10H,1-8H2,(H,16,17,18). The van der Waals surface area contributed by atoms with Crippen LogP contribution in [0.25, 0.3) is 0 Å². The Morgan fingerprint density at radius 3 is 2.39 bits per heavy atom. The molecule has 1 aliphatic carbocycles. The second-order valence-electron chi connectivity index (χ2n) is 4.88. The molecule has 1 aliphatic rings. The van der Waals surface area contributed by atoms with Crippen LogP contribution < -0.4 is 5.32 Å². The van der Waals surface area contributed by atoms with Crippen LogP contribution >= 0.6 is 27.5 Å². The first-order chi connectivity index (χ1) is 8.75. The summed E-state index contributed by atoms with van der Waals surface area (Å²) < 4.78 is 0.881. The smallest absolute Gasteiger partial charge is 0.224 e. The van der Waals surface area contributed by atoms with E-state index >= 15 is 0 Å². The zero-order valence-corrected chi connectivity index (χ0v) is 12.8. The molecule has 0 unspecified atom stereocenters. The number of halogens is 2. The molecule has 5 heteroatoms. The average molecular weight is 333 g/mol. The highest BCUT2D eigenvalue weighted by Crippen LogP contribution is 2.24. The zero-order chi connectivity index (χ0) is 12.8. The Hall–Kier alpha value is -0.350. The third-order valence-corrected chi connectivity index (χ3v) is 4.17. The van der Waals surface area contributed by atoms with Gasteiger partial charge in [0, 0.05) is 12.2 Å². The van der Waals surface area contributed by atoms with Gasteiger partial charge in [0.15, 0.2) is 0 Å². The number of rotatable bonds is 2. The molecule has 2 rings (SSSR count). The SMILES string of the molecule is Clc1ncc(Br)c(NC2CCCCCCCC2)n1. The van der Waals surface area contributed by atoms with Crippen LogP contribution in [0.2, 0.25) is 5.28 Å². The number of nitrogens with zero attached hydrogens (tertiary/aromatic N) is 2. The average Bonchev–Trinajstić information content (AvgIpc) is 2.48. The van der Waals surface area contributed by atoms with Crippen LogP contribution in [0.3, 0.4) is 0 Å². The van der Waals surface area contributed by atoms with Gasteiger partial charge in [-0.05, 0) is 40.4 Å². The fraction of sp³-hybridized carbons (Fsp3) is 0.692. The van der Waals surface area contributed by atoms with E-state index in [0.29, 0.717) is 11.3 Å². The zero-order valence-electron chi connectivity index (χ0n) is 10.5. The minimum absolute atomic E-state index is 0.295. The van der Waals surface area contributed by atoms with Gasteiger partial charge >= 0.3 is 0 Å². The fourth-order valence-corrected chi connectivity index (χ4v) is 2.86. The normalized spacial score (nSPS) is 18.8. The minimum atomic E-state index is 0.295. The highest BCUT2D eigenvalue weighted by atomic mass is 79.9. The molecule has 1 aromatic rings. The Morgan fingerprint density at radius 1 is 1.11 bits per heavy atom. The quantitative estimate of drug-likeness (QED) is 0.790. The molecule has 3 nitrogen and oxygen atoms in total. The van der Waals surface area contributed by atoms with Crippen molar-refractivity contribution in [2.75, 3.05) is 5.32 Å². The van der Waals surface area contributed by atoms with Crippen molar-refractivity contribution in [3.05, 3.63) is 16.0 Å². The van der Waals surface area contributed by atoms with Crippen molar-refractivity contribution in [3.8, 4) is 0 Å². The van der Waals surface area contributed by atoms with E-state index in [4.69, 9.17) is 11.6 Å². The second-order valence-corrected chi connectivity index (χ2v) is 6.07. The largest absolute Gasteiger partial charge is 0.366 e. The maximum absolute atomic E-state index is 5.84. The maximum Gasteiger partial charge on any atom is 0.224 e. The predicted octanol–water partition coefficient (Wildman–Crippen LogP) is 4.81. The third kappa shape index (κ3) is 4.39. The molecule has 1 aromatic heterocycles. The summed E-state index contributed by atoms with van der Waals surface area (Å²) in [7, 11) is 0. The Labute approximate surface area is 122 Å². The van der Waals surface area contributed by atoms with Gasteiger partial charge in [-0.3, -0.25) is 0 Å². The first-order valence-corrected chi connectivity index (χ1v) is 7.87. The van der Waals surface area contributed by atoms with E-state index in [9.17, 15) is 0 Å². The molecular formula is C13H19BrClN3. The number of hydrogen-bond donors (Lipinski definition) is 1. The van der Waals surface area contributed by atoms with Crippen LogP contribution in [0.5, 0.6) is 0 Å². The summed E-state index contributed by atoms with van der Waals surface area (Å²) in [5.74, 6) is 0.819. The van der Waals surface area contributed by atoms with E-state index < -0.39 is 0 Å². The van der Waals surface area contributed by atoms with Crippen molar-refractivity contribution >= 4 is 33.3 Å². The van der Waals surface area contributed by atoms with Gasteiger partial charge in [0.05, 0.1) is 4.47 Å². The van der Waals surface area contributed by atoms with Gasteiger partial charge in [0.2, 0.25) is 5.28 Å². The first kappa shape index (κ1) is 14.1. The molecule has 1 N–H and O–H groups in total. The summed E-state index contributed by atoms with van der Waals surface area (Å²) in [4.78, 5) is 8.19. The second kappa shape index (κ2) is 7.29. The van der Waals surface area contributed by atoms with Gasteiger partial charge in [-0.1, -0.05) is 38.5 Å². The number of aromatic nitrogens is 2. The molecule has 0 bridgehead atoms. The summed E-state index contributed by atoms with van der Waals surface area (Å²) in [6, 6.07) is 0.505. The van der Waals surface area contributed by atoms with Crippen molar-refractivity contribution in [2.45, 2.75) is 57.4 Å². The molecule has 100 valence electrons. The van der Waals surface area contributed by atoms with Crippen LogP contribution in [0.4, 0.5) is 5.82 Å². The summed E-state index contributed by atoms with van der Waals surface area (Å²) >= 11 is 9.30. The molecule has 0 atom stereocenters. The molecule has 0 aromatic carbocycles. The van der Waals surface area contributed by atoms with Gasteiger partial charge in [-0.15, -0.1) is 0 Å². The summed E-state index contributed by atoms with van der Waals surface area (Å²) in [5, 5.41) is 3.80. The molecule has 1 heterocycles. The van der Waals surface area contributed by atoms with Crippen molar-refractivity contribution in [1.82, 2.24) is 9.97 Å². The summed E-state index contributed by atoms with van der Waals surface area (Å²) in [6.07, 6.45) is 12.2. The Balaban J connectivity index is 1.99. The maximum atomic E-state index is 5.84. The lowest BCUT2D eigenvalue weighted by atomic mass is 10.1. The Morgan fingerprint density at radius 2 is 1.72 bits per heavy atom. The van der Waals surface area contributed by atoms with Crippen LogP contribution in [0, 0.1) is 0 Å². The van der Waals surface area contributed by atoms with Gasteiger partial charge in [0.25, 0.3) is 0 Å². The topological polar surface area (TPSA) is 37.8 Å². The number of hydrogen-bond acceptors (Lipinski definition) is 3. The molecule has 18 heavy (non-hydrogen) atoms. The summed E-state index contributed by atoms with van der Waals surface area (Å²) in [6.45, 7) is 0. The van der Waals surface area contributed by atoms with E-state index in [-0.39, 0.29) is 0 Å². The monoisotopic (exact) mass is 331 g/mol. The Kier molecular flexibility index (Phi) is 5.70. The predicted molar refractivity (Wildman–Crippen MR) is 79.1 cm³/mol. The molecule has 1 saturated carbocycles. The van der Waals surface area contributed by atoms with E-state index in [1.165, 1.54) is 51.4 Å². The Bertz CT molecular complexity index is 376. The van der Waals surface area contributed by atoms with Crippen LogP contribution in [-0.2, 0) is 0 Å². The van der Waals surface area contributed by atoms with Crippen LogP contribution in [-0.4, -0.2) is 16.0 Å². The van der Waals surface area contributed by atoms with Crippen LogP contribution in [0.1, 0.15) is 51.4 Å². The molecule has 0 amide bonds. The van der Waals surface area contributed by atoms with Crippen molar-refractivity contribution in [2.24, 2.45) is 0 Å². The van der Waals surface area contributed by atoms with E-state index in [1.807, 2.05) is 0 Å². The third-order valence-electron chi connectivity index (χ3n) is 3.41. The molecule has 1 fully saturated rings. The highest BCUT2D eigenvalue weighted by molar-refractivity contribution is 9.10. The van der Waals surface area contributed by atoms with Gasteiger partial charge in [-0.25, -0.2) is 4.98 Å². The fourth-order valence-electron chi connectivity index (χ4n) is 2.42. The summed E-state index contributed by atoms with van der Waals surface area (Å²) in [5.41, 5.74) is 0. The van der Waals surface area contributed by atoms with Crippen molar-refractivity contribution < 1.29 is 0 Å². The van der Waals surface area contributed by atoms with E-state index in [2.05, 4.69) is 31.2 Å². The highest BCUT2D eigenvalue weighted by Gasteiger charge is 2.13. The molecular weight excluding hydrogens is 314 g/mol. The lowest BCUT2D eigenvalue weighted by Gasteiger charge is -2.19. The van der Waals surface area contributed by atoms with Gasteiger partial charge in [-0.2, -0.15) is 4.98 Å². The molecule has 0 aliphatic heterocycles. The van der Waals surface area contributed by atoms with E-state index in [0.717, 1.165) is 10.3 Å². The first-order valence-electron chi connectivity index (χ1n) is 6.70. The molecule has 0 spiro atoms. The number of nitrogens with one attached hydrogen (secondary N) is 1. The van der Waals surface area contributed by atoms with E-state index in [1.54, 1.807) is 6.20 Å².